The van der Waals surface area contributed by atoms with Gasteiger partial charge in [0, 0.05) is 18.8 Å². The molecule has 0 aliphatic carbocycles. The summed E-state index contributed by atoms with van der Waals surface area (Å²) in [6, 6.07) is 7.54. The Kier molecular flexibility index (Phi) is 5.76. The van der Waals surface area contributed by atoms with Gasteiger partial charge in [-0.15, -0.1) is 0 Å². The second-order valence-corrected chi connectivity index (χ2v) is 8.00. The normalized spacial score (nSPS) is 17.9. The van der Waals surface area contributed by atoms with Gasteiger partial charge in [0.2, 0.25) is 5.91 Å². The highest BCUT2D eigenvalue weighted by molar-refractivity contribution is 6.12. The zero-order chi connectivity index (χ0) is 22.2. The Bertz CT molecular complexity index is 962. The molecule has 2 aromatic rings. The first kappa shape index (κ1) is 21.4. The van der Waals surface area contributed by atoms with Crippen molar-refractivity contribution in [2.45, 2.75) is 32.3 Å². The maximum Gasteiger partial charge on any atom is 0.255 e. The van der Waals surface area contributed by atoms with Crippen molar-refractivity contribution in [3.8, 4) is 0 Å². The fourth-order valence-corrected chi connectivity index (χ4v) is 3.96. The first-order valence-corrected chi connectivity index (χ1v) is 10.1. The summed E-state index contributed by atoms with van der Waals surface area (Å²) in [5.74, 6) is 0.243. The highest BCUT2D eigenvalue weighted by Crippen LogP contribution is 2.47. The number of anilines is 4. The van der Waals surface area contributed by atoms with Crippen LogP contribution in [0.25, 0.3) is 0 Å². The highest BCUT2D eigenvalue weighted by atomic mass is 19.3. The van der Waals surface area contributed by atoms with E-state index >= 15 is 0 Å². The number of alkyl halides is 2. The van der Waals surface area contributed by atoms with Crippen LogP contribution in [0, 0.1) is 0 Å². The lowest BCUT2D eigenvalue weighted by molar-refractivity contribution is -0.121. The number of hydrogen-bond donors (Lipinski definition) is 2. The van der Waals surface area contributed by atoms with Crippen LogP contribution >= 0.6 is 0 Å². The topological polar surface area (TPSA) is 90.8 Å². The van der Waals surface area contributed by atoms with E-state index in [4.69, 9.17) is 4.74 Å². The monoisotopic (exact) mass is 433 g/mol. The first-order chi connectivity index (χ1) is 14.8. The Morgan fingerprint density at radius 2 is 1.81 bits per heavy atom. The molecule has 1 amide bonds. The average molecular weight is 433 g/mol. The second kappa shape index (κ2) is 8.35. The van der Waals surface area contributed by atoms with Gasteiger partial charge in [0.15, 0.2) is 5.82 Å². The molecule has 0 bridgehead atoms. The summed E-state index contributed by atoms with van der Waals surface area (Å²) in [4.78, 5) is 25.6. The molecule has 0 radical (unpaired) electrons. The van der Waals surface area contributed by atoms with Crippen LogP contribution in [-0.4, -0.2) is 60.3 Å². The van der Waals surface area contributed by atoms with E-state index < -0.39 is 25.0 Å². The SMILES string of the molecule is CC1(C)C(=O)N(c2ccc(N3CCOCC3)cc2)c2nc(CO)nc(NCC(F)F)c21. The lowest BCUT2D eigenvalue weighted by Gasteiger charge is -2.29. The van der Waals surface area contributed by atoms with E-state index in [1.165, 1.54) is 4.90 Å². The van der Waals surface area contributed by atoms with Crippen molar-refractivity contribution >= 4 is 28.9 Å². The summed E-state index contributed by atoms with van der Waals surface area (Å²) in [6.07, 6.45) is -2.59. The van der Waals surface area contributed by atoms with E-state index in [9.17, 15) is 18.7 Å². The molecule has 0 spiro atoms. The maximum absolute atomic E-state index is 13.4. The molecule has 166 valence electrons. The van der Waals surface area contributed by atoms with Gasteiger partial charge in [-0.25, -0.2) is 18.7 Å². The molecule has 31 heavy (non-hydrogen) atoms. The van der Waals surface area contributed by atoms with Crippen molar-refractivity contribution in [3.05, 3.63) is 35.7 Å². The molecule has 0 atom stereocenters. The minimum Gasteiger partial charge on any atom is -0.388 e. The summed E-state index contributed by atoms with van der Waals surface area (Å²) in [5, 5.41) is 12.2. The van der Waals surface area contributed by atoms with Gasteiger partial charge in [0.05, 0.1) is 36.4 Å². The molecule has 3 heterocycles. The third-order valence-electron chi connectivity index (χ3n) is 5.56. The van der Waals surface area contributed by atoms with Gasteiger partial charge >= 0.3 is 0 Å². The summed E-state index contributed by atoms with van der Waals surface area (Å²) < 4.78 is 31.0. The lowest BCUT2D eigenvalue weighted by Crippen LogP contribution is -2.36. The van der Waals surface area contributed by atoms with E-state index in [1.54, 1.807) is 13.8 Å². The minimum absolute atomic E-state index is 0.0518. The largest absolute Gasteiger partial charge is 0.388 e. The molecule has 2 aliphatic rings. The molecule has 1 saturated heterocycles. The zero-order valence-electron chi connectivity index (χ0n) is 17.4. The van der Waals surface area contributed by atoms with E-state index in [-0.39, 0.29) is 17.5 Å². The Morgan fingerprint density at radius 3 is 2.42 bits per heavy atom. The zero-order valence-corrected chi connectivity index (χ0v) is 17.4. The van der Waals surface area contributed by atoms with Crippen molar-refractivity contribution in [1.29, 1.82) is 0 Å². The van der Waals surface area contributed by atoms with Crippen LogP contribution in [0.15, 0.2) is 24.3 Å². The number of morpholine rings is 1. The molecule has 4 rings (SSSR count). The Balaban J connectivity index is 1.73. The average Bonchev–Trinajstić information content (AvgIpc) is 2.98. The standard InChI is InChI=1S/C21H25F2N5O3/c1-21(2)17-18(24-11-15(22)23)25-16(12-29)26-19(17)28(20(21)30)14-5-3-13(4-6-14)27-7-9-31-10-8-27/h3-6,15,29H,7-12H2,1-2H3,(H,24,25,26). The first-order valence-electron chi connectivity index (χ1n) is 10.1. The number of benzene rings is 1. The van der Waals surface area contributed by atoms with E-state index in [0.29, 0.717) is 30.3 Å². The number of halogens is 2. The summed E-state index contributed by atoms with van der Waals surface area (Å²) in [6.45, 7) is 5.26. The van der Waals surface area contributed by atoms with Crippen molar-refractivity contribution in [2.75, 3.05) is 48.0 Å². The van der Waals surface area contributed by atoms with Crippen LogP contribution in [0.2, 0.25) is 0 Å². The molecule has 1 aromatic carbocycles. The quantitative estimate of drug-likeness (QED) is 0.723. The number of hydrogen-bond acceptors (Lipinski definition) is 7. The van der Waals surface area contributed by atoms with E-state index in [2.05, 4.69) is 20.2 Å². The molecule has 1 fully saturated rings. The van der Waals surface area contributed by atoms with Crippen LogP contribution in [0.1, 0.15) is 25.2 Å². The smallest absolute Gasteiger partial charge is 0.255 e. The third-order valence-corrected chi connectivity index (χ3v) is 5.56. The molecular weight excluding hydrogens is 408 g/mol. The predicted octanol–water partition coefficient (Wildman–Crippen LogP) is 2.44. The number of amides is 1. The summed E-state index contributed by atoms with van der Waals surface area (Å²) in [7, 11) is 0. The highest BCUT2D eigenvalue weighted by Gasteiger charge is 2.48. The van der Waals surface area contributed by atoms with Crippen LogP contribution in [-0.2, 0) is 21.6 Å². The molecule has 8 nitrogen and oxygen atoms in total. The number of nitrogens with zero attached hydrogens (tertiary/aromatic N) is 4. The van der Waals surface area contributed by atoms with E-state index in [1.807, 2.05) is 24.3 Å². The second-order valence-electron chi connectivity index (χ2n) is 8.00. The van der Waals surface area contributed by atoms with Gasteiger partial charge < -0.3 is 20.1 Å². The number of rotatable bonds is 6. The third kappa shape index (κ3) is 3.92. The number of carbonyl (C=O) groups excluding carboxylic acids is 1. The van der Waals surface area contributed by atoms with Gasteiger partial charge in [0.1, 0.15) is 18.2 Å². The van der Waals surface area contributed by atoms with Crippen LogP contribution < -0.4 is 15.1 Å². The van der Waals surface area contributed by atoms with Crippen molar-refractivity contribution in [3.63, 3.8) is 0 Å². The lowest BCUT2D eigenvalue weighted by atomic mass is 9.87. The molecule has 1 aromatic heterocycles. The number of carbonyl (C=O) groups is 1. The number of ether oxygens (including phenoxy) is 1. The Morgan fingerprint density at radius 1 is 1.16 bits per heavy atom. The molecule has 0 saturated carbocycles. The molecular formula is C21H25F2N5O3. The number of aliphatic hydroxyl groups excluding tert-OH is 1. The van der Waals surface area contributed by atoms with Crippen LogP contribution in [0.4, 0.5) is 31.8 Å². The van der Waals surface area contributed by atoms with E-state index in [0.717, 1.165) is 18.8 Å². The fraction of sp³-hybridized carbons (Fsp3) is 0.476. The van der Waals surface area contributed by atoms with Gasteiger partial charge in [-0.1, -0.05) is 0 Å². The predicted molar refractivity (Wildman–Crippen MR) is 112 cm³/mol. The van der Waals surface area contributed by atoms with Crippen molar-refractivity contribution < 1.29 is 23.4 Å². The summed E-state index contributed by atoms with van der Waals surface area (Å²) >= 11 is 0. The Hall–Kier alpha value is -2.85. The molecule has 2 N–H and O–H groups in total. The number of nitrogens with one attached hydrogen (secondary N) is 1. The van der Waals surface area contributed by atoms with Gasteiger partial charge in [-0.05, 0) is 38.1 Å². The van der Waals surface area contributed by atoms with Crippen LogP contribution in [0.3, 0.4) is 0 Å². The van der Waals surface area contributed by atoms with Gasteiger partial charge in [0.25, 0.3) is 6.43 Å². The Labute approximate surface area is 178 Å². The molecule has 0 unspecified atom stereocenters. The minimum atomic E-state index is -2.59. The van der Waals surface area contributed by atoms with Gasteiger partial charge in [-0.3, -0.25) is 9.69 Å². The fourth-order valence-electron chi connectivity index (χ4n) is 3.96. The molecule has 2 aliphatic heterocycles. The number of aliphatic hydroxyl groups is 1. The van der Waals surface area contributed by atoms with Crippen LogP contribution in [0.5, 0.6) is 0 Å². The van der Waals surface area contributed by atoms with Gasteiger partial charge in [-0.2, -0.15) is 0 Å². The maximum atomic E-state index is 13.4. The number of aromatic nitrogens is 2. The summed E-state index contributed by atoms with van der Waals surface area (Å²) in [5.41, 5.74) is 1.04. The van der Waals surface area contributed by atoms with Crippen molar-refractivity contribution in [2.24, 2.45) is 0 Å². The van der Waals surface area contributed by atoms with Crippen molar-refractivity contribution in [1.82, 2.24) is 9.97 Å². The number of fused-ring (bicyclic) bond motifs is 1. The molecule has 10 heteroatoms.